The zero-order valence-corrected chi connectivity index (χ0v) is 11.5. The van der Waals surface area contributed by atoms with E-state index in [1.807, 2.05) is 19.1 Å². The van der Waals surface area contributed by atoms with E-state index in [4.69, 9.17) is 4.42 Å². The summed E-state index contributed by atoms with van der Waals surface area (Å²) in [7, 11) is 2.14. The summed E-state index contributed by atoms with van der Waals surface area (Å²) in [5.41, 5.74) is 2.27. The van der Waals surface area contributed by atoms with E-state index in [9.17, 15) is 0 Å². The quantitative estimate of drug-likeness (QED) is 0.794. The maximum atomic E-state index is 5.75. The Morgan fingerprint density at radius 3 is 2.83 bits per heavy atom. The van der Waals surface area contributed by atoms with Crippen LogP contribution in [0.15, 0.2) is 28.7 Å². The number of furan rings is 1. The molecule has 1 N–H and O–H groups in total. The van der Waals surface area contributed by atoms with Crippen LogP contribution >= 0.6 is 0 Å². The highest BCUT2D eigenvalue weighted by Crippen LogP contribution is 2.24. The first kappa shape index (κ1) is 13.1. The molecular formula is C15H22N2O. The second-order valence-electron chi connectivity index (χ2n) is 4.71. The van der Waals surface area contributed by atoms with Gasteiger partial charge in [0.2, 0.25) is 0 Å². The van der Waals surface area contributed by atoms with Crippen LogP contribution in [-0.2, 0) is 6.54 Å². The summed E-state index contributed by atoms with van der Waals surface area (Å²) in [5.74, 6) is 1.02. The first-order chi connectivity index (χ1) is 8.72. The van der Waals surface area contributed by atoms with E-state index in [1.165, 1.54) is 10.9 Å². The van der Waals surface area contributed by atoms with Gasteiger partial charge in [-0.1, -0.05) is 25.1 Å². The van der Waals surface area contributed by atoms with Crippen molar-refractivity contribution in [3.05, 3.63) is 35.6 Å². The maximum Gasteiger partial charge on any atom is 0.134 e. The Morgan fingerprint density at radius 2 is 2.06 bits per heavy atom. The molecular weight excluding hydrogens is 224 g/mol. The smallest absolute Gasteiger partial charge is 0.134 e. The number of hydrogen-bond acceptors (Lipinski definition) is 3. The Balaban J connectivity index is 1.97. The minimum atomic E-state index is 0.875. The minimum absolute atomic E-state index is 0.875. The van der Waals surface area contributed by atoms with Crippen molar-refractivity contribution in [1.82, 2.24) is 10.2 Å². The van der Waals surface area contributed by atoms with Crippen molar-refractivity contribution >= 4 is 11.0 Å². The summed E-state index contributed by atoms with van der Waals surface area (Å²) in [6, 6.07) is 8.22. The van der Waals surface area contributed by atoms with Crippen LogP contribution in [0.3, 0.4) is 0 Å². The molecule has 0 saturated heterocycles. The molecule has 2 aromatic rings. The lowest BCUT2D eigenvalue weighted by Crippen LogP contribution is -2.28. The van der Waals surface area contributed by atoms with Crippen LogP contribution in [0.2, 0.25) is 0 Å². The summed E-state index contributed by atoms with van der Waals surface area (Å²) in [6.07, 6.45) is 0. The largest absolute Gasteiger partial charge is 0.461 e. The van der Waals surface area contributed by atoms with E-state index in [0.717, 1.165) is 37.5 Å². The summed E-state index contributed by atoms with van der Waals surface area (Å²) in [6.45, 7) is 8.26. The highest BCUT2D eigenvalue weighted by atomic mass is 16.3. The molecule has 0 spiro atoms. The Bertz CT molecular complexity index is 504. The number of fused-ring (bicyclic) bond motifs is 1. The molecule has 0 aliphatic carbocycles. The molecule has 3 heteroatoms. The number of likely N-dealkylation sites (N-methyl/N-ethyl adjacent to an activating group) is 1. The third-order valence-electron chi connectivity index (χ3n) is 3.41. The molecule has 0 saturated carbocycles. The Morgan fingerprint density at radius 1 is 1.28 bits per heavy atom. The Hall–Kier alpha value is -1.32. The number of para-hydroxylation sites is 1. The van der Waals surface area contributed by atoms with Crippen molar-refractivity contribution in [3.63, 3.8) is 0 Å². The van der Waals surface area contributed by atoms with Crippen molar-refractivity contribution in [2.75, 3.05) is 26.7 Å². The van der Waals surface area contributed by atoms with Crippen molar-refractivity contribution in [3.8, 4) is 0 Å². The molecule has 0 radical (unpaired) electrons. The van der Waals surface area contributed by atoms with Gasteiger partial charge < -0.3 is 14.6 Å². The lowest BCUT2D eigenvalue weighted by Gasteiger charge is -2.13. The highest BCUT2D eigenvalue weighted by molar-refractivity contribution is 5.82. The van der Waals surface area contributed by atoms with Gasteiger partial charge in [-0.15, -0.1) is 0 Å². The summed E-state index contributed by atoms with van der Waals surface area (Å²) in [5, 5.41) is 4.71. The van der Waals surface area contributed by atoms with E-state index >= 15 is 0 Å². The van der Waals surface area contributed by atoms with Crippen LogP contribution in [0.1, 0.15) is 18.2 Å². The average Bonchev–Trinajstić information content (AvgIpc) is 2.70. The number of aryl methyl sites for hydroxylation is 1. The van der Waals surface area contributed by atoms with Gasteiger partial charge in [-0.05, 0) is 26.6 Å². The van der Waals surface area contributed by atoms with E-state index in [0.29, 0.717) is 0 Å². The van der Waals surface area contributed by atoms with Gasteiger partial charge in [0.1, 0.15) is 11.3 Å². The third kappa shape index (κ3) is 2.92. The third-order valence-corrected chi connectivity index (χ3v) is 3.41. The Labute approximate surface area is 109 Å². The second-order valence-corrected chi connectivity index (χ2v) is 4.71. The fourth-order valence-electron chi connectivity index (χ4n) is 2.08. The zero-order chi connectivity index (χ0) is 13.0. The van der Waals surface area contributed by atoms with Crippen LogP contribution < -0.4 is 5.32 Å². The average molecular weight is 246 g/mol. The van der Waals surface area contributed by atoms with Crippen LogP contribution in [0.5, 0.6) is 0 Å². The molecule has 0 unspecified atom stereocenters. The van der Waals surface area contributed by atoms with Crippen molar-refractivity contribution in [2.45, 2.75) is 20.4 Å². The molecule has 3 nitrogen and oxygen atoms in total. The molecule has 0 fully saturated rings. The first-order valence-electron chi connectivity index (χ1n) is 6.58. The van der Waals surface area contributed by atoms with Crippen molar-refractivity contribution in [2.24, 2.45) is 0 Å². The zero-order valence-electron chi connectivity index (χ0n) is 11.5. The van der Waals surface area contributed by atoms with Crippen LogP contribution in [0.4, 0.5) is 0 Å². The summed E-state index contributed by atoms with van der Waals surface area (Å²) in [4.78, 5) is 2.30. The normalized spacial score (nSPS) is 11.6. The molecule has 2 rings (SSSR count). The SMILES string of the molecule is CCN(C)CCNCc1c(C)oc2ccccc12. The molecule has 98 valence electrons. The molecule has 1 aromatic heterocycles. The Kier molecular flexibility index (Phi) is 4.39. The highest BCUT2D eigenvalue weighted by Gasteiger charge is 2.09. The monoisotopic (exact) mass is 246 g/mol. The number of nitrogens with zero attached hydrogens (tertiary/aromatic N) is 1. The molecule has 1 aromatic carbocycles. The molecule has 18 heavy (non-hydrogen) atoms. The van der Waals surface area contributed by atoms with Gasteiger partial charge in [0.15, 0.2) is 0 Å². The van der Waals surface area contributed by atoms with Gasteiger partial charge in [-0.2, -0.15) is 0 Å². The molecule has 1 heterocycles. The van der Waals surface area contributed by atoms with Crippen molar-refractivity contribution in [1.29, 1.82) is 0 Å². The standard InChI is InChI=1S/C15H22N2O/c1-4-17(3)10-9-16-11-14-12(2)18-15-8-6-5-7-13(14)15/h5-8,16H,4,9-11H2,1-3H3. The molecule has 0 aliphatic rings. The van der Waals surface area contributed by atoms with Gasteiger partial charge in [0, 0.05) is 30.6 Å². The fraction of sp³-hybridized carbons (Fsp3) is 0.467. The van der Waals surface area contributed by atoms with E-state index in [1.54, 1.807) is 0 Å². The van der Waals surface area contributed by atoms with E-state index in [2.05, 4.69) is 36.3 Å². The number of hydrogen-bond donors (Lipinski definition) is 1. The second kappa shape index (κ2) is 6.03. The van der Waals surface area contributed by atoms with E-state index < -0.39 is 0 Å². The van der Waals surface area contributed by atoms with Gasteiger partial charge in [0.25, 0.3) is 0 Å². The lowest BCUT2D eigenvalue weighted by molar-refractivity contribution is 0.349. The predicted octanol–water partition coefficient (Wildman–Crippen LogP) is 2.78. The van der Waals surface area contributed by atoms with Gasteiger partial charge in [0.05, 0.1) is 0 Å². The number of nitrogens with one attached hydrogen (secondary N) is 1. The van der Waals surface area contributed by atoms with Gasteiger partial charge >= 0.3 is 0 Å². The first-order valence-corrected chi connectivity index (χ1v) is 6.58. The number of rotatable bonds is 6. The molecule has 0 amide bonds. The molecule has 0 atom stereocenters. The predicted molar refractivity (Wildman–Crippen MR) is 75.8 cm³/mol. The van der Waals surface area contributed by atoms with Crippen LogP contribution in [-0.4, -0.2) is 31.6 Å². The van der Waals surface area contributed by atoms with Gasteiger partial charge in [-0.3, -0.25) is 0 Å². The lowest BCUT2D eigenvalue weighted by atomic mass is 10.1. The van der Waals surface area contributed by atoms with Crippen LogP contribution in [0.25, 0.3) is 11.0 Å². The topological polar surface area (TPSA) is 28.4 Å². The summed E-state index contributed by atoms with van der Waals surface area (Å²) < 4.78 is 5.75. The summed E-state index contributed by atoms with van der Waals surface area (Å²) >= 11 is 0. The van der Waals surface area contributed by atoms with Crippen LogP contribution in [0, 0.1) is 6.92 Å². The molecule has 0 aliphatic heterocycles. The fourth-order valence-corrected chi connectivity index (χ4v) is 2.08. The van der Waals surface area contributed by atoms with E-state index in [-0.39, 0.29) is 0 Å². The molecule has 0 bridgehead atoms. The minimum Gasteiger partial charge on any atom is -0.461 e. The van der Waals surface area contributed by atoms with Gasteiger partial charge in [-0.25, -0.2) is 0 Å². The number of benzene rings is 1. The van der Waals surface area contributed by atoms with Crippen molar-refractivity contribution < 1.29 is 4.42 Å². The maximum absolute atomic E-state index is 5.75.